The summed E-state index contributed by atoms with van der Waals surface area (Å²) in [7, 11) is 0. The Morgan fingerprint density at radius 1 is 1.29 bits per heavy atom. The first-order chi connectivity index (χ1) is 8.09. The Morgan fingerprint density at radius 3 is 2.65 bits per heavy atom. The van der Waals surface area contributed by atoms with Crippen LogP contribution in [0.5, 0.6) is 0 Å². The van der Waals surface area contributed by atoms with E-state index < -0.39 is 0 Å². The van der Waals surface area contributed by atoms with Crippen molar-refractivity contribution in [2.75, 3.05) is 19.6 Å². The minimum Gasteiger partial charge on any atom is -0.314 e. The topological polar surface area (TPSA) is 15.3 Å². The van der Waals surface area contributed by atoms with E-state index in [4.69, 9.17) is 0 Å². The molecular formula is C15H24N2. The minimum absolute atomic E-state index is 0.270. The maximum atomic E-state index is 3.48. The Kier molecular flexibility index (Phi) is 3.85. The summed E-state index contributed by atoms with van der Waals surface area (Å²) in [5.74, 6) is 0. The first-order valence-corrected chi connectivity index (χ1v) is 6.61. The second-order valence-electron chi connectivity index (χ2n) is 5.72. The van der Waals surface area contributed by atoms with E-state index in [1.54, 1.807) is 0 Å². The molecule has 0 amide bonds. The van der Waals surface area contributed by atoms with Crippen LogP contribution >= 0.6 is 0 Å². The molecule has 0 aliphatic carbocycles. The van der Waals surface area contributed by atoms with Crippen LogP contribution < -0.4 is 5.32 Å². The molecule has 1 heterocycles. The lowest BCUT2D eigenvalue weighted by Crippen LogP contribution is -2.60. The van der Waals surface area contributed by atoms with Crippen molar-refractivity contribution in [3.05, 3.63) is 35.9 Å². The van der Waals surface area contributed by atoms with E-state index in [0.29, 0.717) is 6.04 Å². The van der Waals surface area contributed by atoms with Crippen LogP contribution in [0.4, 0.5) is 0 Å². The normalized spacial score (nSPS) is 22.3. The highest BCUT2D eigenvalue weighted by Gasteiger charge is 2.32. The molecule has 1 fully saturated rings. The van der Waals surface area contributed by atoms with E-state index in [-0.39, 0.29) is 5.54 Å². The van der Waals surface area contributed by atoms with Crippen molar-refractivity contribution in [2.45, 2.75) is 38.8 Å². The second kappa shape index (κ2) is 5.19. The molecule has 1 aliphatic heterocycles. The van der Waals surface area contributed by atoms with Crippen molar-refractivity contribution in [1.29, 1.82) is 0 Å². The number of nitrogens with zero attached hydrogens (tertiary/aromatic N) is 1. The van der Waals surface area contributed by atoms with E-state index in [1.165, 1.54) is 5.56 Å². The van der Waals surface area contributed by atoms with Crippen LogP contribution in [0.2, 0.25) is 0 Å². The van der Waals surface area contributed by atoms with Crippen molar-refractivity contribution in [3.63, 3.8) is 0 Å². The number of benzene rings is 1. The average molecular weight is 232 g/mol. The molecule has 2 heteroatoms. The highest BCUT2D eigenvalue weighted by atomic mass is 15.3. The maximum absolute atomic E-state index is 3.48. The average Bonchev–Trinajstić information content (AvgIpc) is 2.29. The van der Waals surface area contributed by atoms with Crippen molar-refractivity contribution in [1.82, 2.24) is 10.2 Å². The molecule has 1 aromatic rings. The number of nitrogens with one attached hydrogen (secondary N) is 1. The van der Waals surface area contributed by atoms with Gasteiger partial charge in [-0.25, -0.2) is 0 Å². The van der Waals surface area contributed by atoms with Crippen molar-refractivity contribution in [3.8, 4) is 0 Å². The van der Waals surface area contributed by atoms with Gasteiger partial charge < -0.3 is 5.32 Å². The van der Waals surface area contributed by atoms with Crippen molar-refractivity contribution < 1.29 is 0 Å². The van der Waals surface area contributed by atoms with E-state index in [0.717, 1.165) is 26.1 Å². The summed E-state index contributed by atoms with van der Waals surface area (Å²) in [6.07, 6.45) is 1.14. The summed E-state index contributed by atoms with van der Waals surface area (Å²) in [6.45, 7) is 10.4. The zero-order valence-corrected chi connectivity index (χ0v) is 11.2. The van der Waals surface area contributed by atoms with Crippen LogP contribution in [0.1, 0.15) is 26.3 Å². The molecule has 0 saturated carbocycles. The maximum Gasteiger partial charge on any atom is 0.0281 e. The molecule has 0 spiro atoms. The van der Waals surface area contributed by atoms with E-state index in [9.17, 15) is 0 Å². The lowest BCUT2D eigenvalue weighted by molar-refractivity contribution is 0.0523. The van der Waals surface area contributed by atoms with Crippen LogP contribution in [0.15, 0.2) is 30.3 Å². The molecule has 0 aromatic heterocycles. The van der Waals surface area contributed by atoms with Crippen LogP contribution in [-0.4, -0.2) is 36.1 Å². The lowest BCUT2D eigenvalue weighted by Gasteiger charge is -2.46. The first-order valence-electron chi connectivity index (χ1n) is 6.61. The molecule has 1 aromatic carbocycles. The van der Waals surface area contributed by atoms with Crippen LogP contribution in [0.25, 0.3) is 0 Å². The lowest BCUT2D eigenvalue weighted by atomic mass is 9.95. The van der Waals surface area contributed by atoms with Crippen LogP contribution in [0, 0.1) is 0 Å². The van der Waals surface area contributed by atoms with Gasteiger partial charge in [-0.2, -0.15) is 0 Å². The Hall–Kier alpha value is -0.860. The monoisotopic (exact) mass is 232 g/mol. The van der Waals surface area contributed by atoms with Gasteiger partial charge in [0.15, 0.2) is 0 Å². The van der Waals surface area contributed by atoms with Gasteiger partial charge in [0.1, 0.15) is 0 Å². The molecule has 1 atom stereocenters. The zero-order valence-electron chi connectivity index (χ0n) is 11.2. The molecule has 1 N–H and O–H groups in total. The van der Waals surface area contributed by atoms with Crippen molar-refractivity contribution in [2.24, 2.45) is 0 Å². The predicted molar refractivity (Wildman–Crippen MR) is 73.3 cm³/mol. The molecule has 0 radical (unpaired) electrons. The van der Waals surface area contributed by atoms with E-state index in [2.05, 4.69) is 61.3 Å². The summed E-state index contributed by atoms with van der Waals surface area (Å²) < 4.78 is 0. The molecule has 2 nitrogen and oxygen atoms in total. The molecule has 2 rings (SSSR count). The van der Waals surface area contributed by atoms with E-state index >= 15 is 0 Å². The third kappa shape index (κ3) is 3.08. The molecule has 0 bridgehead atoms. The van der Waals surface area contributed by atoms with Gasteiger partial charge in [0.25, 0.3) is 0 Å². The number of hydrogen-bond acceptors (Lipinski definition) is 2. The fraction of sp³-hybridized carbons (Fsp3) is 0.600. The summed E-state index contributed by atoms with van der Waals surface area (Å²) in [5.41, 5.74) is 1.71. The largest absolute Gasteiger partial charge is 0.314 e. The SMILES string of the molecule is CC(Cc1ccccc1)N1CCNCC1(C)C. The first kappa shape index (κ1) is 12.6. The Labute approximate surface area is 105 Å². The van der Waals surface area contributed by atoms with E-state index in [1.807, 2.05) is 0 Å². The Morgan fingerprint density at radius 2 is 2.00 bits per heavy atom. The van der Waals surface area contributed by atoms with Gasteiger partial charge in [0, 0.05) is 31.2 Å². The number of hydrogen-bond donors (Lipinski definition) is 1. The fourth-order valence-corrected chi connectivity index (χ4v) is 2.88. The molecule has 1 unspecified atom stereocenters. The van der Waals surface area contributed by atoms with Crippen LogP contribution in [-0.2, 0) is 6.42 Å². The summed E-state index contributed by atoms with van der Waals surface area (Å²) in [4.78, 5) is 2.64. The van der Waals surface area contributed by atoms with Gasteiger partial charge in [0.2, 0.25) is 0 Å². The smallest absolute Gasteiger partial charge is 0.0281 e. The van der Waals surface area contributed by atoms with Gasteiger partial charge in [-0.05, 0) is 32.8 Å². The van der Waals surface area contributed by atoms with Gasteiger partial charge in [-0.3, -0.25) is 4.90 Å². The summed E-state index contributed by atoms with van der Waals surface area (Å²) >= 11 is 0. The molecule has 94 valence electrons. The third-order valence-corrected chi connectivity index (χ3v) is 3.77. The minimum atomic E-state index is 0.270. The predicted octanol–water partition coefficient (Wildman–Crippen LogP) is 2.30. The highest BCUT2D eigenvalue weighted by molar-refractivity contribution is 5.16. The van der Waals surface area contributed by atoms with Gasteiger partial charge >= 0.3 is 0 Å². The standard InChI is InChI=1S/C15H24N2/c1-13(11-14-7-5-4-6-8-14)17-10-9-16-12-15(17,2)3/h4-8,13,16H,9-12H2,1-3H3. The molecule has 17 heavy (non-hydrogen) atoms. The summed E-state index contributed by atoms with van der Waals surface area (Å²) in [6, 6.07) is 11.4. The molecule has 1 saturated heterocycles. The van der Waals surface area contributed by atoms with Gasteiger partial charge in [0.05, 0.1) is 0 Å². The van der Waals surface area contributed by atoms with Crippen LogP contribution in [0.3, 0.4) is 0 Å². The quantitative estimate of drug-likeness (QED) is 0.860. The van der Waals surface area contributed by atoms with Gasteiger partial charge in [-0.15, -0.1) is 0 Å². The second-order valence-corrected chi connectivity index (χ2v) is 5.72. The number of rotatable bonds is 3. The third-order valence-electron chi connectivity index (χ3n) is 3.77. The molecular weight excluding hydrogens is 208 g/mol. The van der Waals surface area contributed by atoms with Gasteiger partial charge in [-0.1, -0.05) is 30.3 Å². The summed E-state index contributed by atoms with van der Waals surface area (Å²) in [5, 5.41) is 3.48. The fourth-order valence-electron chi connectivity index (χ4n) is 2.88. The zero-order chi connectivity index (χ0) is 12.3. The highest BCUT2D eigenvalue weighted by Crippen LogP contribution is 2.21. The molecule has 1 aliphatic rings. The Balaban J connectivity index is 2.02. The number of piperazine rings is 1. The Bertz CT molecular complexity index is 345. The van der Waals surface area contributed by atoms with Crippen molar-refractivity contribution >= 4 is 0 Å².